The maximum atomic E-state index is 5.12. The van der Waals surface area contributed by atoms with Crippen LogP contribution in [0.1, 0.15) is 39.0 Å². The molecule has 0 aromatic carbocycles. The van der Waals surface area contributed by atoms with Crippen molar-refractivity contribution in [2.24, 2.45) is 11.8 Å². The SMILES string of the molecule is CC1CCC(CCn2cn[nH]c2=S)CC1. The molecule has 0 spiro atoms. The third kappa shape index (κ3) is 2.91. The molecular formula is C11H19N3S. The average Bonchev–Trinajstić information content (AvgIpc) is 2.63. The molecule has 1 aromatic rings. The van der Waals surface area contributed by atoms with E-state index in [2.05, 4.69) is 17.1 Å². The van der Waals surface area contributed by atoms with Crippen LogP contribution in [0.25, 0.3) is 0 Å². The molecule has 0 amide bonds. The van der Waals surface area contributed by atoms with Crippen LogP contribution in [0.4, 0.5) is 0 Å². The molecule has 1 N–H and O–H groups in total. The summed E-state index contributed by atoms with van der Waals surface area (Å²) in [5, 5.41) is 6.72. The van der Waals surface area contributed by atoms with E-state index in [1.54, 1.807) is 6.33 Å². The molecule has 0 radical (unpaired) electrons. The van der Waals surface area contributed by atoms with E-state index in [1.165, 1.54) is 32.1 Å². The second kappa shape index (κ2) is 4.92. The van der Waals surface area contributed by atoms with Crippen LogP contribution < -0.4 is 0 Å². The summed E-state index contributed by atoms with van der Waals surface area (Å²) in [5.74, 6) is 1.84. The van der Waals surface area contributed by atoms with Crippen molar-refractivity contribution in [3.63, 3.8) is 0 Å². The van der Waals surface area contributed by atoms with Gasteiger partial charge in [0.1, 0.15) is 6.33 Å². The highest BCUT2D eigenvalue weighted by molar-refractivity contribution is 7.71. The number of rotatable bonds is 3. The molecule has 0 unspecified atom stereocenters. The molecule has 1 fully saturated rings. The van der Waals surface area contributed by atoms with E-state index >= 15 is 0 Å². The van der Waals surface area contributed by atoms with E-state index in [0.717, 1.165) is 23.2 Å². The van der Waals surface area contributed by atoms with Gasteiger partial charge in [-0.15, -0.1) is 0 Å². The Balaban J connectivity index is 1.79. The van der Waals surface area contributed by atoms with Crippen LogP contribution in [0.3, 0.4) is 0 Å². The molecule has 2 rings (SSSR count). The van der Waals surface area contributed by atoms with Gasteiger partial charge in [0.15, 0.2) is 4.77 Å². The highest BCUT2D eigenvalue weighted by atomic mass is 32.1. The van der Waals surface area contributed by atoms with E-state index < -0.39 is 0 Å². The van der Waals surface area contributed by atoms with E-state index in [1.807, 2.05) is 4.57 Å². The first-order valence-electron chi connectivity index (χ1n) is 5.85. The Morgan fingerprint density at radius 3 is 2.80 bits per heavy atom. The predicted molar refractivity (Wildman–Crippen MR) is 63.2 cm³/mol. The summed E-state index contributed by atoms with van der Waals surface area (Å²) >= 11 is 5.12. The van der Waals surface area contributed by atoms with Crippen molar-refractivity contribution in [2.75, 3.05) is 0 Å². The highest BCUT2D eigenvalue weighted by Gasteiger charge is 2.17. The van der Waals surface area contributed by atoms with Gasteiger partial charge in [-0.05, 0) is 30.5 Å². The Bertz CT molecular complexity index is 347. The Kier molecular flexibility index (Phi) is 3.57. The number of aromatic amines is 1. The number of nitrogens with zero attached hydrogens (tertiary/aromatic N) is 2. The molecule has 0 bridgehead atoms. The third-order valence-corrected chi connectivity index (χ3v) is 3.86. The van der Waals surface area contributed by atoms with Gasteiger partial charge in [0.05, 0.1) is 0 Å². The van der Waals surface area contributed by atoms with Gasteiger partial charge in [-0.2, -0.15) is 5.10 Å². The summed E-state index contributed by atoms with van der Waals surface area (Å²) in [6.07, 6.45) is 8.65. The average molecular weight is 225 g/mol. The van der Waals surface area contributed by atoms with Crippen LogP contribution >= 0.6 is 12.2 Å². The van der Waals surface area contributed by atoms with E-state index in [9.17, 15) is 0 Å². The molecule has 0 saturated heterocycles. The van der Waals surface area contributed by atoms with Gasteiger partial charge < -0.3 is 4.57 Å². The first-order valence-corrected chi connectivity index (χ1v) is 6.26. The number of H-pyrrole nitrogens is 1. The van der Waals surface area contributed by atoms with Gasteiger partial charge >= 0.3 is 0 Å². The predicted octanol–water partition coefficient (Wildman–Crippen LogP) is 3.16. The molecule has 1 aliphatic rings. The van der Waals surface area contributed by atoms with Gasteiger partial charge in [0.2, 0.25) is 0 Å². The van der Waals surface area contributed by atoms with Gasteiger partial charge in [-0.3, -0.25) is 5.10 Å². The molecule has 84 valence electrons. The Hall–Kier alpha value is -0.640. The van der Waals surface area contributed by atoms with Crippen LogP contribution in [0.15, 0.2) is 6.33 Å². The second-order valence-electron chi connectivity index (χ2n) is 4.77. The van der Waals surface area contributed by atoms with Crippen LogP contribution in [-0.2, 0) is 6.54 Å². The lowest BCUT2D eigenvalue weighted by Crippen LogP contribution is -2.14. The van der Waals surface area contributed by atoms with Crippen molar-refractivity contribution < 1.29 is 0 Å². The minimum Gasteiger partial charge on any atom is -0.307 e. The summed E-state index contributed by atoms with van der Waals surface area (Å²) in [6, 6.07) is 0. The van der Waals surface area contributed by atoms with Crippen molar-refractivity contribution >= 4 is 12.2 Å². The van der Waals surface area contributed by atoms with Crippen LogP contribution in [0.2, 0.25) is 0 Å². The van der Waals surface area contributed by atoms with Crippen LogP contribution in [0, 0.1) is 16.6 Å². The van der Waals surface area contributed by atoms with Crippen molar-refractivity contribution in [3.05, 3.63) is 11.1 Å². The fourth-order valence-corrected chi connectivity index (χ4v) is 2.56. The molecule has 1 saturated carbocycles. The van der Waals surface area contributed by atoms with Gasteiger partial charge in [-0.1, -0.05) is 32.6 Å². The second-order valence-corrected chi connectivity index (χ2v) is 5.16. The van der Waals surface area contributed by atoms with Crippen LogP contribution in [0.5, 0.6) is 0 Å². The van der Waals surface area contributed by atoms with Crippen LogP contribution in [-0.4, -0.2) is 14.8 Å². The van der Waals surface area contributed by atoms with E-state index in [0.29, 0.717) is 0 Å². The molecule has 4 heteroatoms. The summed E-state index contributed by atoms with van der Waals surface area (Å²) < 4.78 is 2.78. The van der Waals surface area contributed by atoms with Gasteiger partial charge in [0, 0.05) is 6.54 Å². The molecule has 1 aromatic heterocycles. The van der Waals surface area contributed by atoms with Crippen molar-refractivity contribution in [1.82, 2.24) is 14.8 Å². The monoisotopic (exact) mass is 225 g/mol. The molecule has 1 heterocycles. The zero-order valence-electron chi connectivity index (χ0n) is 9.28. The minimum atomic E-state index is 0.749. The fraction of sp³-hybridized carbons (Fsp3) is 0.818. The van der Waals surface area contributed by atoms with Crippen molar-refractivity contribution in [3.8, 4) is 0 Å². The first kappa shape index (κ1) is 10.9. The van der Waals surface area contributed by atoms with Gasteiger partial charge in [0.25, 0.3) is 0 Å². The number of nitrogens with one attached hydrogen (secondary N) is 1. The highest BCUT2D eigenvalue weighted by Crippen LogP contribution is 2.30. The maximum Gasteiger partial charge on any atom is 0.194 e. The summed E-state index contributed by atoms with van der Waals surface area (Å²) in [6.45, 7) is 3.39. The topological polar surface area (TPSA) is 33.6 Å². The smallest absolute Gasteiger partial charge is 0.194 e. The summed E-state index contributed by atoms with van der Waals surface area (Å²) in [4.78, 5) is 0. The normalized spacial score (nSPS) is 26.7. The Labute approximate surface area is 95.9 Å². The largest absolute Gasteiger partial charge is 0.307 e. The van der Waals surface area contributed by atoms with E-state index in [4.69, 9.17) is 12.2 Å². The van der Waals surface area contributed by atoms with Crippen molar-refractivity contribution in [2.45, 2.75) is 45.6 Å². The standard InChI is InChI=1S/C11H19N3S/c1-9-2-4-10(5-3-9)6-7-14-8-12-13-11(14)15/h8-10H,2-7H2,1H3,(H,13,15). The lowest BCUT2D eigenvalue weighted by Gasteiger charge is -2.25. The first-order chi connectivity index (χ1) is 7.25. The maximum absolute atomic E-state index is 5.12. The summed E-state index contributed by atoms with van der Waals surface area (Å²) in [7, 11) is 0. The molecular weight excluding hydrogens is 206 g/mol. The Morgan fingerprint density at radius 2 is 2.20 bits per heavy atom. The minimum absolute atomic E-state index is 0.749. The zero-order valence-corrected chi connectivity index (χ0v) is 10.1. The van der Waals surface area contributed by atoms with E-state index in [-0.39, 0.29) is 0 Å². The quantitative estimate of drug-likeness (QED) is 0.802. The number of hydrogen-bond acceptors (Lipinski definition) is 2. The Morgan fingerprint density at radius 1 is 1.47 bits per heavy atom. The zero-order chi connectivity index (χ0) is 10.7. The van der Waals surface area contributed by atoms with Gasteiger partial charge in [-0.25, -0.2) is 0 Å². The molecule has 0 aliphatic heterocycles. The molecule has 15 heavy (non-hydrogen) atoms. The third-order valence-electron chi connectivity index (χ3n) is 3.53. The fourth-order valence-electron chi connectivity index (χ4n) is 2.37. The lowest BCUT2D eigenvalue weighted by molar-refractivity contribution is 0.268. The summed E-state index contributed by atoms with van der Waals surface area (Å²) in [5.41, 5.74) is 0. The van der Waals surface area contributed by atoms with Crippen molar-refractivity contribution in [1.29, 1.82) is 0 Å². The molecule has 1 aliphatic carbocycles. The number of aryl methyl sites for hydroxylation is 1. The number of aromatic nitrogens is 3. The molecule has 3 nitrogen and oxygen atoms in total. The number of hydrogen-bond donors (Lipinski definition) is 1. The molecule has 0 atom stereocenters. The lowest BCUT2D eigenvalue weighted by atomic mass is 9.81.